The second-order valence-electron chi connectivity index (χ2n) is 5.66. The molecule has 0 aromatic heterocycles. The van der Waals surface area contributed by atoms with Gasteiger partial charge in [0, 0.05) is 11.2 Å². The van der Waals surface area contributed by atoms with Crippen LogP contribution in [0.15, 0.2) is 24.3 Å². The van der Waals surface area contributed by atoms with Crippen molar-refractivity contribution in [2.75, 3.05) is 5.32 Å². The average molecular weight is 246 g/mol. The summed E-state index contributed by atoms with van der Waals surface area (Å²) >= 11 is 0. The van der Waals surface area contributed by atoms with Crippen LogP contribution in [0.1, 0.15) is 38.2 Å². The van der Waals surface area contributed by atoms with Crippen LogP contribution in [-0.2, 0) is 4.79 Å². The Morgan fingerprint density at radius 3 is 2.61 bits per heavy atom. The van der Waals surface area contributed by atoms with Crippen LogP contribution >= 0.6 is 0 Å². The zero-order valence-electron chi connectivity index (χ0n) is 11.2. The van der Waals surface area contributed by atoms with E-state index in [1.165, 1.54) is 5.56 Å². The summed E-state index contributed by atoms with van der Waals surface area (Å²) in [7, 11) is 0. The fourth-order valence-electron chi connectivity index (χ4n) is 2.66. The minimum atomic E-state index is -0.368. The summed E-state index contributed by atoms with van der Waals surface area (Å²) in [6.45, 7) is 4.02. The van der Waals surface area contributed by atoms with Gasteiger partial charge >= 0.3 is 0 Å². The first-order chi connectivity index (χ1) is 8.49. The van der Waals surface area contributed by atoms with E-state index in [0.717, 1.165) is 31.4 Å². The van der Waals surface area contributed by atoms with E-state index in [0.29, 0.717) is 0 Å². The summed E-state index contributed by atoms with van der Waals surface area (Å²) in [5, 5.41) is 2.98. The van der Waals surface area contributed by atoms with Crippen LogP contribution in [-0.4, -0.2) is 11.4 Å². The van der Waals surface area contributed by atoms with Crippen molar-refractivity contribution in [1.82, 2.24) is 0 Å². The molecule has 1 amide bonds. The molecule has 0 aliphatic heterocycles. The molecular weight excluding hydrogens is 224 g/mol. The van der Waals surface area contributed by atoms with Crippen LogP contribution in [0.2, 0.25) is 0 Å². The summed E-state index contributed by atoms with van der Waals surface area (Å²) in [6, 6.07) is 7.87. The number of nitrogens with two attached hydrogens (primary N) is 1. The number of amides is 1. The van der Waals surface area contributed by atoms with E-state index in [1.807, 2.05) is 38.1 Å². The number of carbonyl (C=O) groups excluding carboxylic acids is 1. The van der Waals surface area contributed by atoms with Crippen LogP contribution in [0.4, 0.5) is 5.69 Å². The van der Waals surface area contributed by atoms with Crippen molar-refractivity contribution in [2.24, 2.45) is 11.7 Å². The molecule has 0 radical (unpaired) electrons. The van der Waals surface area contributed by atoms with Crippen molar-refractivity contribution in [3.63, 3.8) is 0 Å². The van der Waals surface area contributed by atoms with E-state index in [9.17, 15) is 4.79 Å². The van der Waals surface area contributed by atoms with Crippen LogP contribution in [0, 0.1) is 12.8 Å². The molecule has 1 aromatic rings. The Morgan fingerprint density at radius 2 is 2.00 bits per heavy atom. The molecule has 2 unspecified atom stereocenters. The molecule has 3 nitrogen and oxygen atoms in total. The third-order valence-corrected chi connectivity index (χ3v) is 3.89. The number of anilines is 1. The van der Waals surface area contributed by atoms with Gasteiger partial charge in [0.15, 0.2) is 0 Å². The van der Waals surface area contributed by atoms with Gasteiger partial charge < -0.3 is 11.1 Å². The first kappa shape index (κ1) is 13.1. The van der Waals surface area contributed by atoms with Gasteiger partial charge in [-0.05, 0) is 38.8 Å². The molecule has 18 heavy (non-hydrogen) atoms. The molecule has 2 rings (SSSR count). The quantitative estimate of drug-likeness (QED) is 0.843. The SMILES string of the molecule is Cc1ccc(NC(=O)C2CCCCC2(C)N)cc1. The highest BCUT2D eigenvalue weighted by molar-refractivity contribution is 5.93. The van der Waals surface area contributed by atoms with Gasteiger partial charge in [-0.15, -0.1) is 0 Å². The van der Waals surface area contributed by atoms with E-state index in [-0.39, 0.29) is 17.4 Å². The van der Waals surface area contributed by atoms with Gasteiger partial charge in [-0.25, -0.2) is 0 Å². The first-order valence-electron chi connectivity index (χ1n) is 6.65. The molecule has 1 aromatic carbocycles. The Hall–Kier alpha value is -1.35. The summed E-state index contributed by atoms with van der Waals surface area (Å²) in [6.07, 6.45) is 4.05. The van der Waals surface area contributed by atoms with E-state index < -0.39 is 0 Å². The second-order valence-corrected chi connectivity index (χ2v) is 5.66. The summed E-state index contributed by atoms with van der Waals surface area (Å²) < 4.78 is 0. The van der Waals surface area contributed by atoms with Crippen molar-refractivity contribution in [3.05, 3.63) is 29.8 Å². The number of hydrogen-bond donors (Lipinski definition) is 2. The fraction of sp³-hybridized carbons (Fsp3) is 0.533. The summed E-state index contributed by atoms with van der Waals surface area (Å²) in [5.74, 6) is -0.0175. The molecule has 3 heteroatoms. The highest BCUT2D eigenvalue weighted by Gasteiger charge is 2.37. The van der Waals surface area contributed by atoms with E-state index >= 15 is 0 Å². The number of nitrogens with one attached hydrogen (secondary N) is 1. The molecule has 1 fully saturated rings. The Bertz CT molecular complexity index is 423. The number of benzene rings is 1. The van der Waals surface area contributed by atoms with Crippen molar-refractivity contribution < 1.29 is 4.79 Å². The predicted molar refractivity (Wildman–Crippen MR) is 74.4 cm³/mol. The van der Waals surface area contributed by atoms with E-state index in [2.05, 4.69) is 5.32 Å². The third-order valence-electron chi connectivity index (χ3n) is 3.89. The predicted octanol–water partition coefficient (Wildman–Crippen LogP) is 2.84. The van der Waals surface area contributed by atoms with Gasteiger partial charge in [0.25, 0.3) is 0 Å². The number of carbonyl (C=O) groups is 1. The number of rotatable bonds is 2. The van der Waals surface area contributed by atoms with Gasteiger partial charge in [-0.3, -0.25) is 4.79 Å². The van der Waals surface area contributed by atoms with Crippen LogP contribution in [0.3, 0.4) is 0 Å². The zero-order chi connectivity index (χ0) is 13.2. The molecule has 0 spiro atoms. The van der Waals surface area contributed by atoms with Gasteiger partial charge in [0.05, 0.1) is 5.92 Å². The van der Waals surface area contributed by atoms with E-state index in [4.69, 9.17) is 5.73 Å². The molecule has 2 atom stereocenters. The standard InChI is InChI=1S/C15H22N2O/c1-11-6-8-12(9-7-11)17-14(18)13-5-3-4-10-15(13,2)16/h6-9,13H,3-5,10,16H2,1-2H3,(H,17,18). The number of aryl methyl sites for hydroxylation is 1. The Kier molecular flexibility index (Phi) is 3.71. The van der Waals surface area contributed by atoms with Gasteiger partial charge in [-0.2, -0.15) is 0 Å². The normalized spacial score (nSPS) is 27.8. The molecule has 1 saturated carbocycles. The maximum absolute atomic E-state index is 12.3. The fourth-order valence-corrected chi connectivity index (χ4v) is 2.66. The second kappa shape index (κ2) is 5.11. The van der Waals surface area contributed by atoms with Crippen LogP contribution in [0.25, 0.3) is 0 Å². The van der Waals surface area contributed by atoms with Gasteiger partial charge in [0.1, 0.15) is 0 Å². The van der Waals surface area contributed by atoms with E-state index in [1.54, 1.807) is 0 Å². The molecule has 1 aliphatic rings. The molecule has 1 aliphatic carbocycles. The zero-order valence-corrected chi connectivity index (χ0v) is 11.2. The lowest BCUT2D eigenvalue weighted by atomic mass is 9.74. The maximum atomic E-state index is 12.3. The van der Waals surface area contributed by atoms with Crippen molar-refractivity contribution in [2.45, 2.75) is 45.1 Å². The smallest absolute Gasteiger partial charge is 0.229 e. The summed E-state index contributed by atoms with van der Waals surface area (Å²) in [5.41, 5.74) is 7.91. The molecule has 0 saturated heterocycles. The molecule has 0 heterocycles. The van der Waals surface area contributed by atoms with Crippen LogP contribution < -0.4 is 11.1 Å². The highest BCUT2D eigenvalue weighted by atomic mass is 16.1. The highest BCUT2D eigenvalue weighted by Crippen LogP contribution is 2.32. The first-order valence-corrected chi connectivity index (χ1v) is 6.65. The molecular formula is C15H22N2O. The molecule has 98 valence electrons. The Labute approximate surface area is 109 Å². The Morgan fingerprint density at radius 1 is 1.33 bits per heavy atom. The lowest BCUT2D eigenvalue weighted by molar-refractivity contribution is -0.122. The van der Waals surface area contributed by atoms with Crippen molar-refractivity contribution in [3.8, 4) is 0 Å². The van der Waals surface area contributed by atoms with Gasteiger partial charge in [-0.1, -0.05) is 30.5 Å². The minimum Gasteiger partial charge on any atom is -0.326 e. The monoisotopic (exact) mass is 246 g/mol. The third kappa shape index (κ3) is 2.91. The number of hydrogen-bond acceptors (Lipinski definition) is 2. The Balaban J connectivity index is 2.05. The lowest BCUT2D eigenvalue weighted by Crippen LogP contribution is -2.51. The van der Waals surface area contributed by atoms with Crippen molar-refractivity contribution >= 4 is 11.6 Å². The summed E-state index contributed by atoms with van der Waals surface area (Å²) in [4.78, 5) is 12.3. The largest absolute Gasteiger partial charge is 0.326 e. The molecule has 3 N–H and O–H groups in total. The minimum absolute atomic E-state index is 0.0588. The van der Waals surface area contributed by atoms with Crippen molar-refractivity contribution in [1.29, 1.82) is 0 Å². The maximum Gasteiger partial charge on any atom is 0.229 e. The average Bonchev–Trinajstić information content (AvgIpc) is 2.31. The molecule has 0 bridgehead atoms. The topological polar surface area (TPSA) is 55.1 Å². The van der Waals surface area contributed by atoms with Gasteiger partial charge in [0.2, 0.25) is 5.91 Å². The lowest BCUT2D eigenvalue weighted by Gasteiger charge is -2.37. The van der Waals surface area contributed by atoms with Crippen LogP contribution in [0.5, 0.6) is 0 Å².